The van der Waals surface area contributed by atoms with E-state index in [1.807, 2.05) is 6.07 Å². The molecule has 3 rings (SSSR count). The molecule has 1 saturated carbocycles. The Morgan fingerprint density at radius 3 is 2.50 bits per heavy atom. The second-order valence-electron chi connectivity index (χ2n) is 8.71. The van der Waals surface area contributed by atoms with Crippen molar-refractivity contribution in [3.05, 3.63) is 65.3 Å². The van der Waals surface area contributed by atoms with E-state index in [4.69, 9.17) is 16.3 Å². The second-order valence-corrected chi connectivity index (χ2v) is 9.12. The Kier molecular flexibility index (Phi) is 7.35. The number of aromatic nitrogens is 1. The molecule has 0 radical (unpaired) electrons. The van der Waals surface area contributed by atoms with Crippen LogP contribution in [0.2, 0.25) is 0 Å². The monoisotopic (exact) mass is 530 g/mol. The average molecular weight is 531 g/mol. The van der Waals surface area contributed by atoms with Gasteiger partial charge in [0.05, 0.1) is 12.0 Å². The smallest absolute Gasteiger partial charge is 0.412 e. The normalized spacial score (nSPS) is 22.4. The first-order valence-corrected chi connectivity index (χ1v) is 10.8. The van der Waals surface area contributed by atoms with E-state index in [0.717, 1.165) is 0 Å². The number of alkyl halides is 5. The summed E-state index contributed by atoms with van der Waals surface area (Å²) < 4.78 is 74.6. The van der Waals surface area contributed by atoms with Crippen LogP contribution in [0.3, 0.4) is 0 Å². The molecule has 36 heavy (non-hydrogen) atoms. The zero-order valence-corrected chi connectivity index (χ0v) is 19.6. The first-order chi connectivity index (χ1) is 16.7. The minimum Gasteiger partial charge on any atom is -0.481 e. The molecular weight excluding hydrogens is 511 g/mol. The van der Waals surface area contributed by atoms with E-state index in [0.29, 0.717) is 6.08 Å². The van der Waals surface area contributed by atoms with Gasteiger partial charge in [0.25, 0.3) is 0 Å². The molecule has 0 spiro atoms. The number of aliphatic carboxylic acids is 1. The van der Waals surface area contributed by atoms with Gasteiger partial charge in [-0.15, -0.1) is 0 Å². The number of carbonyl (C=O) groups is 1. The molecule has 1 aromatic heterocycles. The van der Waals surface area contributed by atoms with E-state index in [-0.39, 0.29) is 17.2 Å². The number of ether oxygens (including phenoxy) is 2. The van der Waals surface area contributed by atoms with Crippen molar-refractivity contribution < 1.29 is 41.3 Å². The maximum Gasteiger partial charge on any atom is 0.412 e. The molecular formula is C24H20ClF5N2O4. The van der Waals surface area contributed by atoms with Gasteiger partial charge in [0.2, 0.25) is 5.88 Å². The molecule has 6 nitrogen and oxygen atoms in total. The predicted molar refractivity (Wildman–Crippen MR) is 117 cm³/mol. The van der Waals surface area contributed by atoms with E-state index in [2.05, 4.69) is 9.72 Å². The number of hydrogen-bond acceptors (Lipinski definition) is 5. The molecule has 0 aliphatic heterocycles. The maximum atomic E-state index is 14.1. The molecule has 1 N–H and O–H groups in total. The van der Waals surface area contributed by atoms with E-state index >= 15 is 0 Å². The Morgan fingerprint density at radius 1 is 1.25 bits per heavy atom. The third-order valence-corrected chi connectivity index (χ3v) is 6.59. The van der Waals surface area contributed by atoms with Crippen molar-refractivity contribution in [2.24, 2.45) is 16.7 Å². The van der Waals surface area contributed by atoms with Gasteiger partial charge >= 0.3 is 18.3 Å². The Hall–Kier alpha value is -3.23. The highest BCUT2D eigenvalue weighted by atomic mass is 35.5. The second kappa shape index (κ2) is 9.67. The first-order valence-electron chi connectivity index (χ1n) is 10.4. The highest BCUT2D eigenvalue weighted by molar-refractivity contribution is 6.30. The fourth-order valence-corrected chi connectivity index (χ4v) is 4.65. The van der Waals surface area contributed by atoms with Gasteiger partial charge in [0.15, 0.2) is 0 Å². The number of rotatable bonds is 9. The van der Waals surface area contributed by atoms with Crippen molar-refractivity contribution in [2.75, 3.05) is 6.61 Å². The molecule has 0 bridgehead atoms. The highest BCUT2D eigenvalue weighted by Crippen LogP contribution is 2.75. The predicted octanol–water partition coefficient (Wildman–Crippen LogP) is 6.50. The molecule has 1 fully saturated rings. The zero-order chi connectivity index (χ0) is 26.9. The minimum atomic E-state index is -5.03. The first kappa shape index (κ1) is 27.4. The summed E-state index contributed by atoms with van der Waals surface area (Å²) in [5, 5.41) is 18.7. The molecule has 1 heterocycles. The molecule has 0 saturated heterocycles. The van der Waals surface area contributed by atoms with Gasteiger partial charge in [-0.1, -0.05) is 49.7 Å². The lowest BCUT2D eigenvalue weighted by Crippen LogP contribution is -2.30. The number of hydrogen-bond donors (Lipinski definition) is 1. The van der Waals surface area contributed by atoms with Gasteiger partial charge in [0, 0.05) is 18.2 Å². The molecule has 12 heteroatoms. The summed E-state index contributed by atoms with van der Waals surface area (Å²) in [5.74, 6) is -3.55. The Morgan fingerprint density at radius 2 is 1.94 bits per heavy atom. The molecule has 3 atom stereocenters. The number of pyridine rings is 1. The molecule has 1 aromatic carbocycles. The lowest BCUT2D eigenvalue weighted by Gasteiger charge is -2.22. The Bertz CT molecular complexity index is 1200. The van der Waals surface area contributed by atoms with Crippen LogP contribution < -0.4 is 4.74 Å². The fraction of sp³-hybridized carbons (Fsp3) is 0.375. The summed E-state index contributed by atoms with van der Waals surface area (Å²) in [6, 6.07) is 12.9. The quantitative estimate of drug-likeness (QED) is 0.372. The molecule has 1 aliphatic rings. The topological polar surface area (TPSA) is 92.4 Å². The fourth-order valence-electron chi connectivity index (χ4n) is 4.47. The number of nitrogens with zero attached hydrogens (tertiary/aromatic N) is 2. The van der Waals surface area contributed by atoms with Crippen molar-refractivity contribution in [1.82, 2.24) is 4.98 Å². The van der Waals surface area contributed by atoms with Crippen molar-refractivity contribution in [2.45, 2.75) is 32.1 Å². The molecule has 3 unspecified atom stereocenters. The largest absolute Gasteiger partial charge is 0.481 e. The summed E-state index contributed by atoms with van der Waals surface area (Å²) in [7, 11) is 0. The van der Waals surface area contributed by atoms with E-state index in [1.165, 1.54) is 38.2 Å². The van der Waals surface area contributed by atoms with Crippen LogP contribution in [0, 0.1) is 28.1 Å². The van der Waals surface area contributed by atoms with Crippen LogP contribution in [0.4, 0.5) is 22.0 Å². The van der Waals surface area contributed by atoms with Crippen molar-refractivity contribution in [3.8, 4) is 17.7 Å². The standard InChI is InChI=1S/C24H20ClF5N2O4/c1-21(2)17(11-18(25)24(29,30)35-13-22(26,27)28)23(21,20(33)34)16(12-31)14-6-5-7-15(10-14)36-19-8-3-4-9-32-19/h3-11,16-17H,13H2,1-2H3,(H,33,34). The molecule has 0 amide bonds. The summed E-state index contributed by atoms with van der Waals surface area (Å²) >= 11 is 5.62. The summed E-state index contributed by atoms with van der Waals surface area (Å²) in [6.45, 7) is 0.631. The molecule has 192 valence electrons. The Labute approximate surface area is 207 Å². The number of halogens is 6. The van der Waals surface area contributed by atoms with E-state index in [9.17, 15) is 37.1 Å². The Balaban J connectivity index is 1.96. The van der Waals surface area contributed by atoms with Crippen molar-refractivity contribution >= 4 is 17.6 Å². The van der Waals surface area contributed by atoms with E-state index < -0.39 is 52.6 Å². The van der Waals surface area contributed by atoms with Gasteiger partial charge in [-0.3, -0.25) is 4.79 Å². The minimum absolute atomic E-state index is 0.230. The highest BCUT2D eigenvalue weighted by Gasteiger charge is 2.78. The molecule has 1 aliphatic carbocycles. The maximum absolute atomic E-state index is 14.1. The zero-order valence-electron chi connectivity index (χ0n) is 18.9. The van der Waals surface area contributed by atoms with Crippen LogP contribution in [0.25, 0.3) is 0 Å². The van der Waals surface area contributed by atoms with E-state index in [1.54, 1.807) is 24.3 Å². The van der Waals surface area contributed by atoms with Crippen LogP contribution in [-0.4, -0.2) is 35.0 Å². The third-order valence-electron chi connectivity index (χ3n) is 6.25. The number of nitriles is 1. The van der Waals surface area contributed by atoms with Crippen LogP contribution in [0.15, 0.2) is 59.8 Å². The third kappa shape index (κ3) is 5.15. The van der Waals surface area contributed by atoms with Crippen LogP contribution >= 0.6 is 11.6 Å². The lowest BCUT2D eigenvalue weighted by atomic mass is 9.78. The van der Waals surface area contributed by atoms with Crippen molar-refractivity contribution in [1.29, 1.82) is 5.26 Å². The number of carboxylic acid groups (broad SMARTS) is 1. The van der Waals surface area contributed by atoms with Crippen LogP contribution in [0.5, 0.6) is 11.6 Å². The summed E-state index contributed by atoms with van der Waals surface area (Å²) in [6.07, 6.45) is -7.39. The van der Waals surface area contributed by atoms with Crippen LogP contribution in [0.1, 0.15) is 25.3 Å². The summed E-state index contributed by atoms with van der Waals surface area (Å²) in [4.78, 5) is 16.5. The average Bonchev–Trinajstić information content (AvgIpc) is 3.28. The SMILES string of the molecule is CC1(C)C(C=C(Cl)C(F)(F)OCC(F)(F)F)C1(C(=O)O)C(C#N)c1cccc(Oc2ccccn2)c1. The summed E-state index contributed by atoms with van der Waals surface area (Å²) in [5.41, 5.74) is -2.98. The van der Waals surface area contributed by atoms with Crippen molar-refractivity contribution in [3.63, 3.8) is 0 Å². The number of carboxylic acids is 1. The molecule has 2 aromatic rings. The van der Waals surface area contributed by atoms with Crippen LogP contribution in [-0.2, 0) is 9.53 Å². The van der Waals surface area contributed by atoms with Gasteiger partial charge in [-0.25, -0.2) is 4.98 Å². The van der Waals surface area contributed by atoms with Gasteiger partial charge in [-0.2, -0.15) is 27.2 Å². The van der Waals surface area contributed by atoms with Gasteiger partial charge in [0.1, 0.15) is 22.8 Å². The lowest BCUT2D eigenvalue weighted by molar-refractivity contribution is -0.267. The van der Waals surface area contributed by atoms with Gasteiger partial charge in [-0.05, 0) is 29.2 Å². The number of benzene rings is 1. The number of allylic oxidation sites excluding steroid dienone is 1. The van der Waals surface area contributed by atoms with Gasteiger partial charge < -0.3 is 14.6 Å².